The predicted octanol–water partition coefficient (Wildman–Crippen LogP) is 4.97. The molecular weight excluding hydrogens is 434 g/mol. The summed E-state index contributed by atoms with van der Waals surface area (Å²) in [4.78, 5) is 5.52. The van der Waals surface area contributed by atoms with Crippen molar-refractivity contribution in [3.8, 4) is 11.5 Å². The van der Waals surface area contributed by atoms with E-state index in [9.17, 15) is 0 Å². The standard InChI is InChI=1S/C30H41N3O2/c1-22(2)25-7-3-4-8-26(25)27-21-32(20-23-6-5-9-28-29(23)35-17-16-34-28)14-15-33(27)24-18-30(19-24)10-12-31-13-11-30/h3-9,22,24,27,31H,10-21H2,1-2H3/t27-/m1/s1. The summed E-state index contributed by atoms with van der Waals surface area (Å²) in [7, 11) is 0. The smallest absolute Gasteiger partial charge is 0.165 e. The number of piperazine rings is 1. The molecule has 2 saturated heterocycles. The second-order valence-corrected chi connectivity index (χ2v) is 11.5. The largest absolute Gasteiger partial charge is 0.486 e. The fourth-order valence-electron chi connectivity index (χ4n) is 7.09. The van der Waals surface area contributed by atoms with Crippen LogP contribution in [-0.4, -0.2) is 61.8 Å². The number of fused-ring (bicyclic) bond motifs is 1. The molecule has 4 aliphatic rings. The summed E-state index contributed by atoms with van der Waals surface area (Å²) in [5, 5.41) is 3.57. The first-order valence-corrected chi connectivity index (χ1v) is 13.8. The SMILES string of the molecule is CC(C)c1ccccc1[C@H]1CN(Cc2cccc3c2OCCO3)CCN1C1CC2(CCNCC2)C1. The fourth-order valence-corrected chi connectivity index (χ4v) is 7.09. The number of ether oxygens (including phenoxy) is 2. The van der Waals surface area contributed by atoms with Gasteiger partial charge in [-0.3, -0.25) is 9.80 Å². The molecule has 188 valence electrons. The molecule has 0 aromatic heterocycles. The van der Waals surface area contributed by atoms with Crippen molar-refractivity contribution in [3.05, 3.63) is 59.2 Å². The Morgan fingerprint density at radius 1 is 0.971 bits per heavy atom. The lowest BCUT2D eigenvalue weighted by Crippen LogP contribution is -2.59. The Morgan fingerprint density at radius 3 is 2.60 bits per heavy atom. The van der Waals surface area contributed by atoms with Gasteiger partial charge in [-0.2, -0.15) is 0 Å². The molecule has 5 nitrogen and oxygen atoms in total. The summed E-state index contributed by atoms with van der Waals surface area (Å²) in [5.74, 6) is 2.38. The minimum absolute atomic E-state index is 0.447. The Morgan fingerprint density at radius 2 is 1.77 bits per heavy atom. The van der Waals surface area contributed by atoms with Crippen molar-refractivity contribution >= 4 is 0 Å². The van der Waals surface area contributed by atoms with Crippen molar-refractivity contribution in [2.45, 2.75) is 64.1 Å². The lowest BCUT2D eigenvalue weighted by atomic mass is 9.60. The van der Waals surface area contributed by atoms with Crippen LogP contribution in [0.5, 0.6) is 11.5 Å². The molecule has 0 unspecified atom stereocenters. The second-order valence-electron chi connectivity index (χ2n) is 11.5. The molecule has 0 bridgehead atoms. The van der Waals surface area contributed by atoms with Crippen LogP contribution >= 0.6 is 0 Å². The fraction of sp³-hybridized carbons (Fsp3) is 0.600. The molecule has 1 spiro atoms. The summed E-state index contributed by atoms with van der Waals surface area (Å²) >= 11 is 0. The number of nitrogens with one attached hydrogen (secondary N) is 1. The molecule has 0 amide bonds. The minimum atomic E-state index is 0.447. The van der Waals surface area contributed by atoms with E-state index in [2.05, 4.69) is 65.4 Å². The van der Waals surface area contributed by atoms with Crippen LogP contribution in [0.4, 0.5) is 0 Å². The first kappa shape index (κ1) is 23.3. The molecule has 2 aromatic carbocycles. The Bertz CT molecular complexity index is 1020. The molecule has 1 atom stereocenters. The maximum atomic E-state index is 6.04. The van der Waals surface area contributed by atoms with Crippen LogP contribution in [0.3, 0.4) is 0 Å². The molecular formula is C30H41N3O2. The minimum Gasteiger partial charge on any atom is -0.486 e. The molecule has 3 aliphatic heterocycles. The third-order valence-electron chi connectivity index (χ3n) is 9.00. The number of hydrogen-bond acceptors (Lipinski definition) is 5. The highest BCUT2D eigenvalue weighted by Gasteiger charge is 2.49. The number of para-hydroxylation sites is 1. The summed E-state index contributed by atoms with van der Waals surface area (Å²) in [6.07, 6.45) is 5.48. The van der Waals surface area contributed by atoms with E-state index in [4.69, 9.17) is 9.47 Å². The van der Waals surface area contributed by atoms with Crippen LogP contribution in [0.25, 0.3) is 0 Å². The van der Waals surface area contributed by atoms with Gasteiger partial charge in [0.15, 0.2) is 11.5 Å². The van der Waals surface area contributed by atoms with Gasteiger partial charge < -0.3 is 14.8 Å². The van der Waals surface area contributed by atoms with Gasteiger partial charge in [0.25, 0.3) is 0 Å². The van der Waals surface area contributed by atoms with Crippen molar-refractivity contribution in [2.75, 3.05) is 45.9 Å². The first-order chi connectivity index (χ1) is 17.1. The van der Waals surface area contributed by atoms with Gasteiger partial charge in [-0.25, -0.2) is 0 Å². The maximum Gasteiger partial charge on any atom is 0.165 e. The van der Waals surface area contributed by atoms with E-state index in [1.807, 2.05) is 6.07 Å². The van der Waals surface area contributed by atoms with Crippen LogP contribution in [0, 0.1) is 5.41 Å². The molecule has 2 aromatic rings. The number of nitrogens with zero attached hydrogens (tertiary/aromatic N) is 2. The Kier molecular flexibility index (Phi) is 6.50. The van der Waals surface area contributed by atoms with E-state index >= 15 is 0 Å². The molecule has 1 aliphatic carbocycles. The molecule has 3 fully saturated rings. The van der Waals surface area contributed by atoms with E-state index in [1.165, 1.54) is 55.5 Å². The molecule has 35 heavy (non-hydrogen) atoms. The Balaban J connectivity index is 1.24. The van der Waals surface area contributed by atoms with Gasteiger partial charge in [0.2, 0.25) is 0 Å². The number of rotatable bonds is 5. The monoisotopic (exact) mass is 475 g/mol. The van der Waals surface area contributed by atoms with E-state index in [0.717, 1.165) is 43.7 Å². The van der Waals surface area contributed by atoms with Crippen molar-refractivity contribution in [2.24, 2.45) is 5.41 Å². The zero-order valence-corrected chi connectivity index (χ0v) is 21.5. The molecule has 1 saturated carbocycles. The van der Waals surface area contributed by atoms with Crippen molar-refractivity contribution in [1.82, 2.24) is 15.1 Å². The van der Waals surface area contributed by atoms with Gasteiger partial charge in [0, 0.05) is 43.8 Å². The predicted molar refractivity (Wildman–Crippen MR) is 140 cm³/mol. The van der Waals surface area contributed by atoms with Gasteiger partial charge in [0.1, 0.15) is 13.2 Å². The van der Waals surface area contributed by atoms with E-state index < -0.39 is 0 Å². The lowest BCUT2D eigenvalue weighted by molar-refractivity contribution is -0.0651. The molecule has 1 N–H and O–H groups in total. The highest BCUT2D eigenvalue weighted by atomic mass is 16.6. The number of benzene rings is 2. The van der Waals surface area contributed by atoms with E-state index in [1.54, 1.807) is 0 Å². The van der Waals surface area contributed by atoms with E-state index in [0.29, 0.717) is 30.6 Å². The van der Waals surface area contributed by atoms with Gasteiger partial charge in [-0.05, 0) is 67.3 Å². The zero-order chi connectivity index (χ0) is 23.8. The molecule has 3 heterocycles. The highest BCUT2D eigenvalue weighted by molar-refractivity contribution is 5.47. The van der Waals surface area contributed by atoms with Gasteiger partial charge in [-0.15, -0.1) is 0 Å². The average Bonchev–Trinajstić information content (AvgIpc) is 2.88. The average molecular weight is 476 g/mol. The molecule has 5 heteroatoms. The van der Waals surface area contributed by atoms with Crippen molar-refractivity contribution < 1.29 is 9.47 Å². The summed E-state index contributed by atoms with van der Waals surface area (Å²) in [6, 6.07) is 16.7. The van der Waals surface area contributed by atoms with Crippen LogP contribution in [0.2, 0.25) is 0 Å². The normalized spacial score (nSPS) is 25.1. The van der Waals surface area contributed by atoms with Gasteiger partial charge in [-0.1, -0.05) is 50.2 Å². The number of hydrogen-bond donors (Lipinski definition) is 1. The third-order valence-corrected chi connectivity index (χ3v) is 9.00. The van der Waals surface area contributed by atoms with Crippen LogP contribution < -0.4 is 14.8 Å². The van der Waals surface area contributed by atoms with Gasteiger partial charge >= 0.3 is 0 Å². The lowest BCUT2D eigenvalue weighted by Gasteiger charge is -2.57. The van der Waals surface area contributed by atoms with Crippen molar-refractivity contribution in [3.63, 3.8) is 0 Å². The van der Waals surface area contributed by atoms with E-state index in [-0.39, 0.29) is 0 Å². The topological polar surface area (TPSA) is 37.0 Å². The van der Waals surface area contributed by atoms with Crippen LogP contribution in [0.1, 0.15) is 68.2 Å². The van der Waals surface area contributed by atoms with Crippen molar-refractivity contribution in [1.29, 1.82) is 0 Å². The van der Waals surface area contributed by atoms with Crippen LogP contribution in [-0.2, 0) is 6.54 Å². The summed E-state index contributed by atoms with van der Waals surface area (Å²) in [6.45, 7) is 12.6. The molecule has 0 radical (unpaired) electrons. The molecule has 6 rings (SSSR count). The number of piperidine rings is 1. The first-order valence-electron chi connectivity index (χ1n) is 13.8. The zero-order valence-electron chi connectivity index (χ0n) is 21.5. The van der Waals surface area contributed by atoms with Crippen LogP contribution in [0.15, 0.2) is 42.5 Å². The summed E-state index contributed by atoms with van der Waals surface area (Å²) in [5.41, 5.74) is 4.90. The Labute approximate surface area is 210 Å². The third kappa shape index (κ3) is 4.59. The van der Waals surface area contributed by atoms with Gasteiger partial charge in [0.05, 0.1) is 0 Å². The second kappa shape index (κ2) is 9.76. The highest BCUT2D eigenvalue weighted by Crippen LogP contribution is 2.52. The quantitative estimate of drug-likeness (QED) is 0.661. The summed E-state index contributed by atoms with van der Waals surface area (Å²) < 4.78 is 11.9. The Hall–Kier alpha value is -2.08. The maximum absolute atomic E-state index is 6.04.